The lowest BCUT2D eigenvalue weighted by atomic mass is 9.88. The van der Waals surface area contributed by atoms with Crippen molar-refractivity contribution in [3.05, 3.63) is 60.3 Å². The number of hydrogen-bond donors (Lipinski definition) is 0. The molecule has 2 aliphatic rings. The Kier molecular flexibility index (Phi) is 6.99. The minimum Gasteiger partial charge on any atom is -0.459 e. The molecule has 0 radical (unpaired) electrons. The van der Waals surface area contributed by atoms with Crippen LogP contribution in [-0.4, -0.2) is 68.3 Å². The summed E-state index contributed by atoms with van der Waals surface area (Å²) >= 11 is 1.39. The lowest BCUT2D eigenvalue weighted by Crippen LogP contribution is -2.51. The Bertz CT molecular complexity index is 1100. The number of aromatic nitrogens is 3. The molecule has 2 amide bonds. The molecule has 1 saturated carbocycles. The highest BCUT2D eigenvalue weighted by Gasteiger charge is 2.27. The first-order valence-electron chi connectivity index (χ1n) is 11.9. The van der Waals surface area contributed by atoms with Gasteiger partial charge in [0.2, 0.25) is 11.1 Å². The number of nitrogens with zero attached hydrogens (tertiary/aromatic N) is 5. The normalized spacial score (nSPS) is 17.2. The van der Waals surface area contributed by atoms with Crippen LogP contribution in [0.3, 0.4) is 0 Å². The minimum atomic E-state index is -0.127. The molecule has 0 atom stereocenters. The van der Waals surface area contributed by atoms with E-state index >= 15 is 0 Å². The third-order valence-electron chi connectivity index (χ3n) is 6.56. The van der Waals surface area contributed by atoms with Crippen LogP contribution in [0.5, 0.6) is 0 Å². The molecule has 34 heavy (non-hydrogen) atoms. The number of carbonyl (C=O) groups excluding carboxylic acids is 2. The smallest absolute Gasteiger partial charge is 0.289 e. The monoisotopic (exact) mass is 479 g/mol. The molecular weight excluding hydrogens is 450 g/mol. The van der Waals surface area contributed by atoms with Gasteiger partial charge in [0.15, 0.2) is 5.76 Å². The highest BCUT2D eigenvalue weighted by molar-refractivity contribution is 7.99. The zero-order chi connectivity index (χ0) is 23.3. The van der Waals surface area contributed by atoms with Crippen LogP contribution in [0.4, 0.5) is 0 Å². The number of hydrogen-bond acceptors (Lipinski definition) is 6. The molecule has 1 aromatic carbocycles. The van der Waals surface area contributed by atoms with Crippen LogP contribution in [-0.2, 0) is 4.79 Å². The zero-order valence-corrected chi connectivity index (χ0v) is 20.0. The Labute approximate surface area is 203 Å². The van der Waals surface area contributed by atoms with E-state index in [9.17, 15) is 9.59 Å². The van der Waals surface area contributed by atoms with Crippen molar-refractivity contribution in [3.8, 4) is 5.69 Å². The average molecular weight is 480 g/mol. The predicted molar refractivity (Wildman–Crippen MR) is 129 cm³/mol. The van der Waals surface area contributed by atoms with Gasteiger partial charge >= 0.3 is 0 Å². The van der Waals surface area contributed by atoms with Crippen LogP contribution in [0.1, 0.15) is 54.4 Å². The largest absolute Gasteiger partial charge is 0.459 e. The van der Waals surface area contributed by atoms with Crippen molar-refractivity contribution in [3.63, 3.8) is 0 Å². The molecule has 0 N–H and O–H groups in total. The predicted octanol–water partition coefficient (Wildman–Crippen LogP) is 3.98. The molecule has 0 unspecified atom stereocenters. The lowest BCUT2D eigenvalue weighted by Gasteiger charge is -2.34. The summed E-state index contributed by atoms with van der Waals surface area (Å²) in [4.78, 5) is 33.7. The van der Waals surface area contributed by atoms with Crippen LogP contribution < -0.4 is 0 Å². The van der Waals surface area contributed by atoms with Crippen molar-refractivity contribution in [2.45, 2.75) is 43.2 Å². The van der Waals surface area contributed by atoms with Crippen LogP contribution in [0.15, 0.2) is 58.3 Å². The Morgan fingerprint density at radius 2 is 1.68 bits per heavy atom. The highest BCUT2D eigenvalue weighted by atomic mass is 32.2. The number of thioether (sulfide) groups is 1. The van der Waals surface area contributed by atoms with Gasteiger partial charge in [-0.15, -0.1) is 5.10 Å². The fourth-order valence-electron chi connectivity index (χ4n) is 4.68. The molecular formula is C25H29N5O3S. The van der Waals surface area contributed by atoms with E-state index in [0.29, 0.717) is 43.0 Å². The van der Waals surface area contributed by atoms with Gasteiger partial charge in [0.25, 0.3) is 5.91 Å². The topological polar surface area (TPSA) is 84.5 Å². The number of para-hydroxylation sites is 1. The zero-order valence-electron chi connectivity index (χ0n) is 19.1. The first-order chi connectivity index (χ1) is 16.7. The number of carbonyl (C=O) groups is 2. The number of rotatable bonds is 6. The van der Waals surface area contributed by atoms with E-state index in [0.717, 1.165) is 24.4 Å². The minimum absolute atomic E-state index is 0.0466. The van der Waals surface area contributed by atoms with Crippen LogP contribution in [0.25, 0.3) is 5.69 Å². The van der Waals surface area contributed by atoms with E-state index in [4.69, 9.17) is 14.5 Å². The van der Waals surface area contributed by atoms with Gasteiger partial charge in [0.1, 0.15) is 5.82 Å². The van der Waals surface area contributed by atoms with Crippen molar-refractivity contribution >= 4 is 23.6 Å². The molecule has 5 rings (SSSR count). The van der Waals surface area contributed by atoms with Gasteiger partial charge in [0, 0.05) is 32.1 Å². The molecule has 2 fully saturated rings. The molecule has 3 aromatic rings. The molecule has 1 saturated heterocycles. The highest BCUT2D eigenvalue weighted by Crippen LogP contribution is 2.33. The molecule has 0 spiro atoms. The molecule has 0 bridgehead atoms. The maximum absolute atomic E-state index is 12.9. The first kappa shape index (κ1) is 22.7. The van der Waals surface area contributed by atoms with Gasteiger partial charge in [-0.25, -0.2) is 9.67 Å². The second-order valence-electron chi connectivity index (χ2n) is 8.77. The Morgan fingerprint density at radius 1 is 0.941 bits per heavy atom. The molecule has 1 aliphatic carbocycles. The van der Waals surface area contributed by atoms with E-state index in [-0.39, 0.29) is 17.6 Å². The summed E-state index contributed by atoms with van der Waals surface area (Å²) in [6.45, 7) is 2.04. The van der Waals surface area contributed by atoms with E-state index in [1.165, 1.54) is 37.3 Å². The maximum Gasteiger partial charge on any atom is 0.289 e. The third kappa shape index (κ3) is 5.04. The van der Waals surface area contributed by atoms with Gasteiger partial charge in [-0.1, -0.05) is 49.2 Å². The van der Waals surface area contributed by atoms with Crippen LogP contribution in [0, 0.1) is 0 Å². The second-order valence-corrected chi connectivity index (χ2v) is 9.72. The van der Waals surface area contributed by atoms with Gasteiger partial charge < -0.3 is 14.2 Å². The SMILES string of the molecule is O=C(CSc1nc(C2CCCCC2)n(-c2ccccc2)n1)N1CCN(C(=O)c2ccco2)CC1. The van der Waals surface area contributed by atoms with E-state index in [1.807, 2.05) is 39.9 Å². The van der Waals surface area contributed by atoms with Gasteiger partial charge in [0.05, 0.1) is 17.7 Å². The second kappa shape index (κ2) is 10.5. The number of furan rings is 1. The standard InChI is InChI=1S/C25H29N5O3S/c31-22(28-13-15-29(16-14-28)24(32)21-12-7-17-33-21)18-34-25-26-23(19-8-3-1-4-9-19)30(27-25)20-10-5-2-6-11-20/h2,5-7,10-12,17,19H,1,3-4,8-9,13-16,18H2. The van der Waals surface area contributed by atoms with Crippen molar-refractivity contribution in [1.82, 2.24) is 24.6 Å². The first-order valence-corrected chi connectivity index (χ1v) is 12.9. The van der Waals surface area contributed by atoms with Crippen molar-refractivity contribution in [2.75, 3.05) is 31.9 Å². The summed E-state index contributed by atoms with van der Waals surface area (Å²) < 4.78 is 7.17. The van der Waals surface area contributed by atoms with Crippen LogP contribution in [0.2, 0.25) is 0 Å². The summed E-state index contributed by atoms with van der Waals surface area (Å²) in [6.07, 6.45) is 7.50. The Balaban J connectivity index is 1.21. The summed E-state index contributed by atoms with van der Waals surface area (Å²) in [5.74, 6) is 1.96. The van der Waals surface area contributed by atoms with E-state index < -0.39 is 0 Å². The maximum atomic E-state index is 12.9. The summed E-state index contributed by atoms with van der Waals surface area (Å²) in [6, 6.07) is 13.5. The lowest BCUT2D eigenvalue weighted by molar-refractivity contribution is -0.129. The van der Waals surface area contributed by atoms with Crippen LogP contribution >= 0.6 is 11.8 Å². The molecule has 9 heteroatoms. The third-order valence-corrected chi connectivity index (χ3v) is 7.38. The number of piperazine rings is 1. The quantitative estimate of drug-likeness (QED) is 0.497. The summed E-state index contributed by atoms with van der Waals surface area (Å²) in [5, 5.41) is 5.41. The van der Waals surface area contributed by atoms with Gasteiger partial charge in [-0.2, -0.15) is 0 Å². The molecule has 3 heterocycles. The molecule has 2 aromatic heterocycles. The molecule has 1 aliphatic heterocycles. The van der Waals surface area contributed by atoms with E-state index in [2.05, 4.69) is 0 Å². The fraction of sp³-hybridized carbons (Fsp3) is 0.440. The van der Waals surface area contributed by atoms with Gasteiger partial charge in [-0.3, -0.25) is 9.59 Å². The molecule has 8 nitrogen and oxygen atoms in total. The summed E-state index contributed by atoms with van der Waals surface area (Å²) in [5.41, 5.74) is 1.01. The Hall–Kier alpha value is -3.07. The van der Waals surface area contributed by atoms with Crippen molar-refractivity contribution in [2.24, 2.45) is 0 Å². The average Bonchev–Trinajstić information content (AvgIpc) is 3.59. The van der Waals surface area contributed by atoms with Crippen molar-refractivity contribution < 1.29 is 14.0 Å². The summed E-state index contributed by atoms with van der Waals surface area (Å²) in [7, 11) is 0. The van der Waals surface area contributed by atoms with Gasteiger partial charge in [-0.05, 0) is 37.1 Å². The van der Waals surface area contributed by atoms with E-state index in [1.54, 1.807) is 17.0 Å². The molecule has 178 valence electrons. The van der Waals surface area contributed by atoms with Crippen molar-refractivity contribution in [1.29, 1.82) is 0 Å². The number of benzene rings is 1. The number of amides is 2. The Morgan fingerprint density at radius 3 is 2.38 bits per heavy atom. The fourth-order valence-corrected chi connectivity index (χ4v) is 5.42.